The molecule has 0 fully saturated rings. The number of para-hydroxylation sites is 1. The fraction of sp³-hybridized carbons (Fsp3) is 0.0833. The zero-order chi connectivity index (χ0) is 24.6. The molecule has 0 spiro atoms. The Balaban J connectivity index is 1.79. The van der Waals surface area contributed by atoms with E-state index >= 15 is 0 Å². The number of aromatic nitrogens is 1. The number of rotatable bonds is 5. The minimum atomic E-state index is -4.37. The first-order valence-electron chi connectivity index (χ1n) is 10.0. The number of nitrogens with one attached hydrogen (secondary N) is 1. The molecule has 1 heterocycles. The van der Waals surface area contributed by atoms with Crippen molar-refractivity contribution in [2.45, 2.75) is 18.7 Å². The van der Waals surface area contributed by atoms with Gasteiger partial charge in [0.1, 0.15) is 27.8 Å². The number of hydrogen-bond donors (Lipinski definition) is 2. The number of halogens is 2. The van der Waals surface area contributed by atoms with Gasteiger partial charge < -0.3 is 10.1 Å². The first-order chi connectivity index (χ1) is 16.0. The van der Waals surface area contributed by atoms with E-state index in [1.165, 1.54) is 31.2 Å². The summed E-state index contributed by atoms with van der Waals surface area (Å²) in [6, 6.07) is 14.7. The predicted octanol–water partition coefficient (Wildman–Crippen LogP) is 4.82. The molecule has 0 saturated heterocycles. The van der Waals surface area contributed by atoms with Crippen molar-refractivity contribution in [2.75, 3.05) is 5.32 Å². The van der Waals surface area contributed by atoms with Crippen LogP contribution in [0.15, 0.2) is 65.6 Å². The Morgan fingerprint density at radius 2 is 1.76 bits per heavy atom. The smallest absolute Gasteiger partial charge is 0.261 e. The van der Waals surface area contributed by atoms with Crippen LogP contribution in [0.1, 0.15) is 21.5 Å². The van der Waals surface area contributed by atoms with Crippen LogP contribution in [0, 0.1) is 25.5 Å². The van der Waals surface area contributed by atoms with Crippen LogP contribution >= 0.6 is 0 Å². The predicted molar refractivity (Wildman–Crippen MR) is 123 cm³/mol. The van der Waals surface area contributed by atoms with E-state index in [0.29, 0.717) is 22.2 Å². The fourth-order valence-electron chi connectivity index (χ4n) is 3.50. The summed E-state index contributed by atoms with van der Waals surface area (Å²) in [6.45, 7) is 2.98. The van der Waals surface area contributed by atoms with Crippen LogP contribution in [0.5, 0.6) is 11.6 Å². The molecule has 34 heavy (non-hydrogen) atoms. The number of carbonyl (C=O) groups is 1. The van der Waals surface area contributed by atoms with Crippen LogP contribution in [0.4, 0.5) is 14.5 Å². The number of ether oxygens (including phenoxy) is 1. The van der Waals surface area contributed by atoms with Crippen molar-refractivity contribution >= 4 is 32.5 Å². The van der Waals surface area contributed by atoms with Crippen LogP contribution in [0.25, 0.3) is 10.9 Å². The van der Waals surface area contributed by atoms with Crippen molar-refractivity contribution in [1.82, 2.24) is 4.98 Å². The van der Waals surface area contributed by atoms with E-state index in [2.05, 4.69) is 10.3 Å². The first-order valence-corrected chi connectivity index (χ1v) is 11.6. The Labute approximate surface area is 194 Å². The molecular weight excluding hydrogens is 464 g/mol. The molecule has 3 N–H and O–H groups in total. The van der Waals surface area contributed by atoms with E-state index in [-0.39, 0.29) is 22.7 Å². The molecule has 174 valence electrons. The highest BCUT2D eigenvalue weighted by atomic mass is 32.2. The molecule has 0 aliphatic heterocycles. The Morgan fingerprint density at radius 3 is 2.47 bits per heavy atom. The number of aryl methyl sites for hydroxylation is 1. The number of nitrogens with two attached hydrogens (primary N) is 1. The van der Waals surface area contributed by atoms with E-state index in [4.69, 9.17) is 9.88 Å². The molecule has 1 amide bonds. The van der Waals surface area contributed by atoms with Crippen molar-refractivity contribution in [2.24, 2.45) is 5.14 Å². The Bertz CT molecular complexity index is 1560. The molecule has 0 radical (unpaired) electrons. The van der Waals surface area contributed by atoms with E-state index < -0.39 is 32.5 Å². The summed E-state index contributed by atoms with van der Waals surface area (Å²) < 4.78 is 57.1. The summed E-state index contributed by atoms with van der Waals surface area (Å²) in [5.74, 6) is -1.89. The van der Waals surface area contributed by atoms with Gasteiger partial charge >= 0.3 is 0 Å². The third kappa shape index (κ3) is 4.59. The van der Waals surface area contributed by atoms with E-state index in [1.54, 1.807) is 37.3 Å². The normalized spacial score (nSPS) is 11.4. The average Bonchev–Trinajstić information content (AvgIpc) is 2.76. The third-order valence-corrected chi connectivity index (χ3v) is 6.24. The lowest BCUT2D eigenvalue weighted by Crippen LogP contribution is -2.19. The second-order valence-corrected chi connectivity index (χ2v) is 9.09. The summed E-state index contributed by atoms with van der Waals surface area (Å²) in [5, 5.41) is 8.35. The van der Waals surface area contributed by atoms with E-state index in [1.807, 2.05) is 0 Å². The van der Waals surface area contributed by atoms with Crippen LogP contribution in [-0.4, -0.2) is 19.3 Å². The quantitative estimate of drug-likeness (QED) is 0.423. The number of primary sulfonamides is 1. The Morgan fingerprint density at radius 1 is 1.03 bits per heavy atom. The van der Waals surface area contributed by atoms with Gasteiger partial charge in [-0.1, -0.05) is 18.2 Å². The van der Waals surface area contributed by atoms with Gasteiger partial charge in [0.15, 0.2) is 0 Å². The second-order valence-electron chi connectivity index (χ2n) is 7.59. The number of hydrogen-bond acceptors (Lipinski definition) is 5. The molecule has 0 bridgehead atoms. The Hall–Kier alpha value is -3.89. The summed E-state index contributed by atoms with van der Waals surface area (Å²) in [5.41, 5.74) is 1.08. The molecule has 1 aromatic heterocycles. The highest BCUT2D eigenvalue weighted by Crippen LogP contribution is 2.31. The van der Waals surface area contributed by atoms with Crippen molar-refractivity contribution < 1.29 is 26.7 Å². The highest BCUT2D eigenvalue weighted by Gasteiger charge is 2.23. The zero-order valence-corrected chi connectivity index (χ0v) is 18.9. The number of pyridine rings is 1. The Kier molecular flexibility index (Phi) is 6.03. The maximum Gasteiger partial charge on any atom is 0.261 e. The van der Waals surface area contributed by atoms with Crippen molar-refractivity contribution in [3.05, 3.63) is 89.0 Å². The van der Waals surface area contributed by atoms with Gasteiger partial charge in [0.2, 0.25) is 15.9 Å². The standard InChI is InChI=1S/C24H19F2N3O4S/c1-13-11-16(25)7-10-21(13)33-24-17(12-15-5-3-4-6-20(15)29-24)23(30)28-19-9-8-18(26)22(14(19)2)34(27,31)32/h3-12H,1-2H3,(H,28,30)(H2,27,31,32). The molecular formula is C24H19F2N3O4S. The molecule has 4 aromatic rings. The molecule has 0 aliphatic rings. The molecule has 4 rings (SSSR count). The van der Waals surface area contributed by atoms with Gasteiger partial charge in [-0.15, -0.1) is 0 Å². The lowest BCUT2D eigenvalue weighted by molar-refractivity contribution is 0.102. The number of sulfonamides is 1. The number of benzene rings is 3. The van der Waals surface area contributed by atoms with Crippen molar-refractivity contribution in [3.63, 3.8) is 0 Å². The fourth-order valence-corrected chi connectivity index (χ4v) is 4.38. The monoisotopic (exact) mass is 483 g/mol. The number of nitrogens with zero attached hydrogens (tertiary/aromatic N) is 1. The summed E-state index contributed by atoms with van der Waals surface area (Å²) >= 11 is 0. The minimum Gasteiger partial charge on any atom is -0.438 e. The minimum absolute atomic E-state index is 0.0308. The van der Waals surface area contributed by atoms with Gasteiger partial charge in [-0.05, 0) is 67.4 Å². The molecule has 3 aromatic carbocycles. The van der Waals surface area contributed by atoms with Crippen LogP contribution in [-0.2, 0) is 10.0 Å². The number of anilines is 1. The first kappa shape index (κ1) is 23.3. The molecule has 7 nitrogen and oxygen atoms in total. The van der Waals surface area contributed by atoms with E-state index in [0.717, 1.165) is 6.07 Å². The topological polar surface area (TPSA) is 111 Å². The second kappa shape index (κ2) is 8.81. The molecule has 0 atom stereocenters. The number of amides is 1. The lowest BCUT2D eigenvalue weighted by atomic mass is 10.1. The van der Waals surface area contributed by atoms with Crippen LogP contribution in [0.2, 0.25) is 0 Å². The van der Waals surface area contributed by atoms with Crippen LogP contribution < -0.4 is 15.2 Å². The number of carbonyl (C=O) groups excluding carboxylic acids is 1. The van der Waals surface area contributed by atoms with Gasteiger partial charge in [0, 0.05) is 11.1 Å². The van der Waals surface area contributed by atoms with E-state index in [9.17, 15) is 22.0 Å². The van der Waals surface area contributed by atoms with Gasteiger partial charge in [0.25, 0.3) is 5.91 Å². The average molecular weight is 483 g/mol. The molecule has 0 saturated carbocycles. The maximum absolute atomic E-state index is 14.1. The zero-order valence-electron chi connectivity index (χ0n) is 18.1. The van der Waals surface area contributed by atoms with Gasteiger partial charge in [0.05, 0.1) is 5.52 Å². The number of fused-ring (bicyclic) bond motifs is 1. The summed E-state index contributed by atoms with van der Waals surface area (Å²) in [4.78, 5) is 17.0. The van der Waals surface area contributed by atoms with Gasteiger partial charge in [-0.3, -0.25) is 4.79 Å². The lowest BCUT2D eigenvalue weighted by Gasteiger charge is -2.15. The molecule has 0 unspecified atom stereocenters. The molecule has 0 aliphatic carbocycles. The summed E-state index contributed by atoms with van der Waals surface area (Å²) in [6.07, 6.45) is 0. The maximum atomic E-state index is 14.1. The molecule has 10 heteroatoms. The van der Waals surface area contributed by atoms with Crippen LogP contribution in [0.3, 0.4) is 0 Å². The van der Waals surface area contributed by atoms with Crippen molar-refractivity contribution in [1.29, 1.82) is 0 Å². The largest absolute Gasteiger partial charge is 0.438 e. The SMILES string of the molecule is Cc1cc(F)ccc1Oc1nc2ccccc2cc1C(=O)Nc1ccc(F)c(S(N)(=O)=O)c1C. The van der Waals surface area contributed by atoms with Gasteiger partial charge in [-0.25, -0.2) is 27.3 Å². The van der Waals surface area contributed by atoms with Gasteiger partial charge in [-0.2, -0.15) is 0 Å². The highest BCUT2D eigenvalue weighted by molar-refractivity contribution is 7.89. The third-order valence-electron chi connectivity index (χ3n) is 5.17. The summed E-state index contributed by atoms with van der Waals surface area (Å²) in [7, 11) is -4.37. The van der Waals surface area contributed by atoms with Crippen molar-refractivity contribution in [3.8, 4) is 11.6 Å².